The molecule has 0 spiro atoms. The zero-order valence-electron chi connectivity index (χ0n) is 19.5. The highest BCUT2D eigenvalue weighted by Gasteiger charge is 2.17. The summed E-state index contributed by atoms with van der Waals surface area (Å²) in [6.07, 6.45) is 6.09. The summed E-state index contributed by atoms with van der Waals surface area (Å²) < 4.78 is 21.6. The Bertz CT molecular complexity index is 1010. The zero-order valence-corrected chi connectivity index (χ0v) is 19.5. The molecule has 0 aromatic heterocycles. The molecule has 0 heterocycles. The van der Waals surface area contributed by atoms with Crippen molar-refractivity contribution in [2.24, 2.45) is 11.7 Å². The minimum absolute atomic E-state index is 0.291. The maximum atomic E-state index is 12.5. The first-order valence-corrected chi connectivity index (χ1v) is 10.7. The van der Waals surface area contributed by atoms with Gasteiger partial charge in [0, 0.05) is 6.54 Å². The van der Waals surface area contributed by atoms with Crippen molar-refractivity contribution in [3.63, 3.8) is 0 Å². The second kappa shape index (κ2) is 13.1. The molecule has 2 aromatic carbocycles. The Balaban J connectivity index is 2.04. The number of allylic oxidation sites excluding steroid dienone is 2. The molecular formula is C26H31NO6. The smallest absolute Gasteiger partial charge is 0.166 e. The molecule has 0 radical (unpaired) electrons. The van der Waals surface area contributed by atoms with Crippen LogP contribution in [0.5, 0.6) is 23.0 Å². The zero-order chi connectivity index (χ0) is 24.2. The van der Waals surface area contributed by atoms with Crippen molar-refractivity contribution in [3.05, 3.63) is 59.7 Å². The van der Waals surface area contributed by atoms with E-state index in [0.717, 1.165) is 11.1 Å². The summed E-state index contributed by atoms with van der Waals surface area (Å²) in [7, 11) is 3.09. The summed E-state index contributed by atoms with van der Waals surface area (Å²) in [4.78, 5) is 25.0. The summed E-state index contributed by atoms with van der Waals surface area (Å²) in [6, 6.07) is 10.7. The van der Waals surface area contributed by atoms with Crippen LogP contribution in [0.1, 0.15) is 25.0 Å². The largest absolute Gasteiger partial charge is 0.493 e. The summed E-state index contributed by atoms with van der Waals surface area (Å²) in [5, 5.41) is 0. The van der Waals surface area contributed by atoms with Crippen molar-refractivity contribution in [2.45, 2.75) is 13.8 Å². The molecule has 7 nitrogen and oxygen atoms in total. The third-order valence-electron chi connectivity index (χ3n) is 4.78. The Morgan fingerprint density at radius 1 is 0.848 bits per heavy atom. The number of hydrogen-bond acceptors (Lipinski definition) is 7. The number of nitrogens with two attached hydrogens (primary N) is 1. The molecule has 0 fully saturated rings. The Kier molecular flexibility index (Phi) is 10.2. The number of methoxy groups -OCH3 is 2. The molecule has 0 aliphatic heterocycles. The molecule has 0 saturated heterocycles. The van der Waals surface area contributed by atoms with Crippen molar-refractivity contribution in [1.29, 1.82) is 0 Å². The van der Waals surface area contributed by atoms with Gasteiger partial charge in [-0.2, -0.15) is 0 Å². The van der Waals surface area contributed by atoms with Crippen LogP contribution in [0, 0.1) is 5.92 Å². The van der Waals surface area contributed by atoms with E-state index in [0.29, 0.717) is 42.8 Å². The van der Waals surface area contributed by atoms with Crippen molar-refractivity contribution >= 4 is 23.7 Å². The molecule has 2 N–H and O–H groups in total. The van der Waals surface area contributed by atoms with Crippen LogP contribution >= 0.6 is 0 Å². The summed E-state index contributed by atoms with van der Waals surface area (Å²) in [5.41, 5.74) is 6.97. The van der Waals surface area contributed by atoms with Crippen molar-refractivity contribution in [3.8, 4) is 23.0 Å². The second-order valence-electron chi connectivity index (χ2n) is 7.08. The minimum Gasteiger partial charge on any atom is -0.493 e. The molecule has 0 aliphatic carbocycles. The van der Waals surface area contributed by atoms with Gasteiger partial charge in [0.25, 0.3) is 0 Å². The van der Waals surface area contributed by atoms with E-state index in [2.05, 4.69) is 0 Å². The van der Waals surface area contributed by atoms with Gasteiger partial charge >= 0.3 is 0 Å². The molecule has 0 saturated carbocycles. The number of ketones is 2. The predicted octanol–water partition coefficient (Wildman–Crippen LogP) is 3.94. The van der Waals surface area contributed by atoms with Gasteiger partial charge < -0.3 is 24.7 Å². The van der Waals surface area contributed by atoms with Gasteiger partial charge in [0.2, 0.25) is 0 Å². The highest BCUT2D eigenvalue weighted by atomic mass is 16.5. The lowest BCUT2D eigenvalue weighted by Gasteiger charge is -2.10. The van der Waals surface area contributed by atoms with Gasteiger partial charge in [0.1, 0.15) is 6.61 Å². The van der Waals surface area contributed by atoms with Crippen LogP contribution in [0.4, 0.5) is 0 Å². The van der Waals surface area contributed by atoms with Crippen LogP contribution in [0.3, 0.4) is 0 Å². The Morgan fingerprint density at radius 3 is 1.76 bits per heavy atom. The maximum absolute atomic E-state index is 12.5. The molecule has 2 aromatic rings. The molecule has 33 heavy (non-hydrogen) atoms. The van der Waals surface area contributed by atoms with Gasteiger partial charge in [-0.25, -0.2) is 0 Å². The third-order valence-corrected chi connectivity index (χ3v) is 4.78. The van der Waals surface area contributed by atoms with Gasteiger partial charge in [-0.15, -0.1) is 0 Å². The van der Waals surface area contributed by atoms with Gasteiger partial charge in [-0.05, 0) is 61.4 Å². The van der Waals surface area contributed by atoms with E-state index in [-0.39, 0.29) is 11.6 Å². The molecule has 0 amide bonds. The quantitative estimate of drug-likeness (QED) is 0.362. The van der Waals surface area contributed by atoms with E-state index in [4.69, 9.17) is 24.7 Å². The lowest BCUT2D eigenvalue weighted by molar-refractivity contribution is -0.126. The van der Waals surface area contributed by atoms with Gasteiger partial charge in [0.05, 0.1) is 26.7 Å². The Labute approximate surface area is 194 Å². The second-order valence-corrected chi connectivity index (χ2v) is 7.08. The molecule has 7 heteroatoms. The number of carbonyl (C=O) groups excluding carboxylic acids is 2. The van der Waals surface area contributed by atoms with Crippen LogP contribution in [-0.4, -0.2) is 45.5 Å². The standard InChI is InChI=1S/C26H31NO6/c1-5-32-23-12-8-19(16-25(23)30-3)6-10-21(28)18(2)22(29)11-7-20-9-13-24(33-15-14-27)26(17-20)31-4/h6-13,16-18H,5,14-15,27H2,1-4H3/b10-6+,11-7+. The first kappa shape index (κ1) is 25.7. The van der Waals surface area contributed by atoms with E-state index < -0.39 is 5.92 Å². The van der Waals surface area contributed by atoms with E-state index in [9.17, 15) is 9.59 Å². The molecular weight excluding hydrogens is 422 g/mol. The maximum Gasteiger partial charge on any atom is 0.166 e. The summed E-state index contributed by atoms with van der Waals surface area (Å²) in [6.45, 7) is 4.77. The van der Waals surface area contributed by atoms with Gasteiger partial charge in [0.15, 0.2) is 34.6 Å². The fourth-order valence-electron chi connectivity index (χ4n) is 2.92. The number of carbonyl (C=O) groups is 2. The normalized spacial score (nSPS) is 12.0. The molecule has 0 bridgehead atoms. The number of benzene rings is 2. The topological polar surface area (TPSA) is 97.1 Å². The Hall–Kier alpha value is -3.58. The minimum atomic E-state index is -0.809. The van der Waals surface area contributed by atoms with Crippen molar-refractivity contribution in [1.82, 2.24) is 0 Å². The predicted molar refractivity (Wildman–Crippen MR) is 129 cm³/mol. The SMILES string of the molecule is CCOc1ccc(/C=C/C(=O)C(C)C(=O)/C=C/c2ccc(OCCN)c(OC)c2)cc1OC. The fraction of sp³-hybridized carbons (Fsp3) is 0.308. The lowest BCUT2D eigenvalue weighted by atomic mass is 9.99. The van der Waals surface area contributed by atoms with Gasteiger partial charge in [-0.3, -0.25) is 9.59 Å². The summed E-state index contributed by atoms with van der Waals surface area (Å²) >= 11 is 0. The van der Waals surface area contributed by atoms with Crippen LogP contribution in [-0.2, 0) is 9.59 Å². The van der Waals surface area contributed by atoms with E-state index >= 15 is 0 Å². The highest BCUT2D eigenvalue weighted by Crippen LogP contribution is 2.29. The van der Waals surface area contributed by atoms with E-state index in [1.165, 1.54) is 19.3 Å². The highest BCUT2D eigenvalue weighted by molar-refractivity contribution is 6.13. The molecule has 2 rings (SSSR count). The number of ether oxygens (including phenoxy) is 4. The molecule has 1 atom stereocenters. The van der Waals surface area contributed by atoms with E-state index in [1.807, 2.05) is 13.0 Å². The lowest BCUT2D eigenvalue weighted by Crippen LogP contribution is -2.17. The van der Waals surface area contributed by atoms with E-state index in [1.54, 1.807) is 56.5 Å². The third kappa shape index (κ3) is 7.50. The Morgan fingerprint density at radius 2 is 1.33 bits per heavy atom. The van der Waals surface area contributed by atoms with Crippen LogP contribution < -0.4 is 24.7 Å². The average Bonchev–Trinajstić information content (AvgIpc) is 2.84. The van der Waals surface area contributed by atoms with Crippen LogP contribution in [0.15, 0.2) is 48.6 Å². The molecule has 1 unspecified atom stereocenters. The number of hydrogen-bond donors (Lipinski definition) is 1. The molecule has 176 valence electrons. The monoisotopic (exact) mass is 453 g/mol. The summed E-state index contributed by atoms with van der Waals surface area (Å²) in [5.74, 6) is 0.927. The first-order valence-electron chi connectivity index (χ1n) is 10.7. The fourth-order valence-corrected chi connectivity index (χ4v) is 2.92. The first-order chi connectivity index (χ1) is 15.9. The molecule has 0 aliphatic rings. The average molecular weight is 454 g/mol. The van der Waals surface area contributed by atoms with Crippen molar-refractivity contribution in [2.75, 3.05) is 34.0 Å². The number of rotatable bonds is 13. The van der Waals surface area contributed by atoms with Gasteiger partial charge in [-0.1, -0.05) is 24.3 Å². The van der Waals surface area contributed by atoms with Crippen LogP contribution in [0.2, 0.25) is 0 Å². The van der Waals surface area contributed by atoms with Crippen molar-refractivity contribution < 1.29 is 28.5 Å². The van der Waals surface area contributed by atoms with Crippen LogP contribution in [0.25, 0.3) is 12.2 Å².